The number of ether oxygens (including phenoxy) is 1. The number of halogens is 1. The van der Waals surface area contributed by atoms with Crippen molar-refractivity contribution < 1.29 is 19.2 Å². The summed E-state index contributed by atoms with van der Waals surface area (Å²) in [5.41, 5.74) is 1.38. The number of anilines is 2. The van der Waals surface area contributed by atoms with Crippen molar-refractivity contribution >= 4 is 40.5 Å². The van der Waals surface area contributed by atoms with Crippen molar-refractivity contribution in [3.8, 4) is 0 Å². The maximum atomic E-state index is 12.6. The van der Waals surface area contributed by atoms with Gasteiger partial charge in [-0.1, -0.05) is 17.7 Å². The molecular formula is C19H20ClN3O5. The van der Waals surface area contributed by atoms with Crippen molar-refractivity contribution in [1.82, 2.24) is 0 Å². The van der Waals surface area contributed by atoms with Gasteiger partial charge in [-0.15, -0.1) is 0 Å². The molecule has 0 bridgehead atoms. The van der Waals surface area contributed by atoms with Crippen LogP contribution in [0.1, 0.15) is 22.8 Å². The van der Waals surface area contributed by atoms with Gasteiger partial charge >= 0.3 is 5.97 Å². The van der Waals surface area contributed by atoms with Crippen LogP contribution < -0.4 is 10.2 Å². The van der Waals surface area contributed by atoms with Gasteiger partial charge in [-0.3, -0.25) is 14.9 Å². The summed E-state index contributed by atoms with van der Waals surface area (Å²) in [6.45, 7) is 3.17. The van der Waals surface area contributed by atoms with Crippen LogP contribution >= 0.6 is 11.6 Å². The predicted octanol–water partition coefficient (Wildman–Crippen LogP) is 3.81. The van der Waals surface area contributed by atoms with Crippen molar-refractivity contribution in [3.05, 3.63) is 62.7 Å². The first-order valence-corrected chi connectivity index (χ1v) is 8.72. The molecule has 28 heavy (non-hydrogen) atoms. The van der Waals surface area contributed by atoms with E-state index in [1.165, 1.54) is 19.1 Å². The Bertz CT molecular complexity index is 930. The summed E-state index contributed by atoms with van der Waals surface area (Å²) in [6, 6.07) is 8.94. The summed E-state index contributed by atoms with van der Waals surface area (Å²) in [6.07, 6.45) is -1.12. The highest BCUT2D eigenvalue weighted by Crippen LogP contribution is 2.26. The van der Waals surface area contributed by atoms with E-state index in [4.69, 9.17) is 16.3 Å². The molecule has 0 unspecified atom stereocenters. The van der Waals surface area contributed by atoms with Gasteiger partial charge in [0.25, 0.3) is 11.6 Å². The predicted molar refractivity (Wildman–Crippen MR) is 107 cm³/mol. The first kappa shape index (κ1) is 21.2. The molecule has 2 rings (SSSR count). The van der Waals surface area contributed by atoms with Crippen LogP contribution in [0.2, 0.25) is 5.02 Å². The average Bonchev–Trinajstić information content (AvgIpc) is 2.64. The number of nitrogens with zero attached hydrogens (tertiary/aromatic N) is 2. The molecule has 1 amide bonds. The van der Waals surface area contributed by atoms with E-state index in [-0.39, 0.29) is 11.3 Å². The Hall–Kier alpha value is -3.13. The van der Waals surface area contributed by atoms with Crippen LogP contribution in [-0.2, 0) is 9.53 Å². The van der Waals surface area contributed by atoms with Crippen molar-refractivity contribution in [2.24, 2.45) is 0 Å². The second kappa shape index (κ2) is 8.71. The van der Waals surface area contributed by atoms with Gasteiger partial charge in [0.15, 0.2) is 6.10 Å². The zero-order valence-corrected chi connectivity index (χ0v) is 16.6. The second-order valence-corrected chi connectivity index (χ2v) is 6.71. The summed E-state index contributed by atoms with van der Waals surface area (Å²) in [5, 5.41) is 14.2. The molecular weight excluding hydrogens is 386 g/mol. The molecule has 0 aliphatic carbocycles. The monoisotopic (exact) mass is 405 g/mol. The minimum Gasteiger partial charge on any atom is -0.449 e. The lowest BCUT2D eigenvalue weighted by atomic mass is 10.1. The number of hydrogen-bond donors (Lipinski definition) is 1. The Labute approximate surface area is 167 Å². The van der Waals surface area contributed by atoms with Gasteiger partial charge in [0.2, 0.25) is 0 Å². The Morgan fingerprint density at radius 3 is 2.54 bits per heavy atom. The zero-order valence-electron chi connectivity index (χ0n) is 15.9. The zero-order chi connectivity index (χ0) is 21.0. The maximum Gasteiger partial charge on any atom is 0.341 e. The number of amides is 1. The molecule has 2 aromatic carbocycles. The number of hydrogen-bond acceptors (Lipinski definition) is 6. The number of carbonyl (C=O) groups is 2. The highest BCUT2D eigenvalue weighted by atomic mass is 35.5. The van der Waals surface area contributed by atoms with Crippen LogP contribution in [0, 0.1) is 17.0 Å². The Morgan fingerprint density at radius 2 is 1.93 bits per heavy atom. The molecule has 0 aliphatic heterocycles. The smallest absolute Gasteiger partial charge is 0.341 e. The third-order valence-corrected chi connectivity index (χ3v) is 4.48. The van der Waals surface area contributed by atoms with E-state index >= 15 is 0 Å². The summed E-state index contributed by atoms with van der Waals surface area (Å²) in [5.74, 6) is -1.38. The standard InChI is InChI=1S/C19H20ClN3O5/c1-11-15(20)6-5-7-16(11)21-18(24)12(2)28-19(25)14-10-13(23(26)27)8-9-17(14)22(3)4/h5-10,12H,1-4H3,(H,21,24)/t12-/m1/s1. The van der Waals surface area contributed by atoms with Crippen molar-refractivity contribution in [2.75, 3.05) is 24.3 Å². The van der Waals surface area contributed by atoms with E-state index in [0.29, 0.717) is 22.0 Å². The lowest BCUT2D eigenvalue weighted by Gasteiger charge is -2.19. The SMILES string of the molecule is Cc1c(Cl)cccc1NC(=O)[C@@H](C)OC(=O)c1cc([N+](=O)[O-])ccc1N(C)C. The van der Waals surface area contributed by atoms with Crippen LogP contribution in [0.5, 0.6) is 0 Å². The molecule has 0 saturated heterocycles. The van der Waals surface area contributed by atoms with Gasteiger partial charge in [-0.05, 0) is 37.6 Å². The molecule has 0 heterocycles. The molecule has 0 aliphatic rings. The van der Waals surface area contributed by atoms with Gasteiger partial charge in [0, 0.05) is 36.9 Å². The van der Waals surface area contributed by atoms with Crippen LogP contribution in [0.25, 0.3) is 0 Å². The fourth-order valence-electron chi connectivity index (χ4n) is 2.45. The molecule has 0 saturated carbocycles. The Morgan fingerprint density at radius 1 is 1.25 bits per heavy atom. The number of nitro benzene ring substituents is 1. The average molecular weight is 406 g/mol. The highest BCUT2D eigenvalue weighted by Gasteiger charge is 2.24. The number of esters is 1. The number of nitrogens with one attached hydrogen (secondary N) is 1. The first-order valence-electron chi connectivity index (χ1n) is 8.34. The quantitative estimate of drug-likeness (QED) is 0.445. The summed E-state index contributed by atoms with van der Waals surface area (Å²) >= 11 is 6.03. The summed E-state index contributed by atoms with van der Waals surface area (Å²) in [4.78, 5) is 37.0. The van der Waals surface area contributed by atoms with E-state index in [2.05, 4.69) is 5.32 Å². The van der Waals surface area contributed by atoms with Gasteiger partial charge < -0.3 is 15.0 Å². The number of non-ortho nitro benzene ring substituents is 1. The molecule has 1 N–H and O–H groups in total. The van der Waals surface area contributed by atoms with E-state index in [9.17, 15) is 19.7 Å². The van der Waals surface area contributed by atoms with Crippen LogP contribution in [-0.4, -0.2) is 37.0 Å². The minimum atomic E-state index is -1.12. The van der Waals surface area contributed by atoms with Crippen LogP contribution in [0.3, 0.4) is 0 Å². The van der Waals surface area contributed by atoms with Crippen molar-refractivity contribution in [2.45, 2.75) is 20.0 Å². The molecule has 0 spiro atoms. The van der Waals surface area contributed by atoms with Crippen LogP contribution in [0.4, 0.5) is 17.1 Å². The maximum absolute atomic E-state index is 12.6. The number of carbonyl (C=O) groups excluding carboxylic acids is 2. The van der Waals surface area contributed by atoms with Crippen LogP contribution in [0.15, 0.2) is 36.4 Å². The minimum absolute atomic E-state index is 0.00205. The van der Waals surface area contributed by atoms with Gasteiger partial charge in [-0.2, -0.15) is 0 Å². The summed E-state index contributed by atoms with van der Waals surface area (Å²) in [7, 11) is 3.38. The summed E-state index contributed by atoms with van der Waals surface area (Å²) < 4.78 is 5.23. The second-order valence-electron chi connectivity index (χ2n) is 6.30. The molecule has 0 radical (unpaired) electrons. The topological polar surface area (TPSA) is 102 Å². The molecule has 2 aromatic rings. The number of nitro groups is 1. The molecule has 0 aromatic heterocycles. The van der Waals surface area contributed by atoms with E-state index in [0.717, 1.165) is 6.07 Å². The van der Waals surface area contributed by atoms with E-state index in [1.54, 1.807) is 44.1 Å². The Balaban J connectivity index is 2.19. The lowest BCUT2D eigenvalue weighted by Crippen LogP contribution is -2.30. The molecule has 0 fully saturated rings. The number of benzene rings is 2. The van der Waals surface area contributed by atoms with Gasteiger partial charge in [0.1, 0.15) is 0 Å². The highest BCUT2D eigenvalue weighted by molar-refractivity contribution is 6.31. The van der Waals surface area contributed by atoms with Gasteiger partial charge in [0.05, 0.1) is 16.2 Å². The van der Waals surface area contributed by atoms with Gasteiger partial charge in [-0.25, -0.2) is 4.79 Å². The molecule has 1 atom stereocenters. The first-order chi connectivity index (χ1) is 13.1. The third-order valence-electron chi connectivity index (χ3n) is 4.07. The fraction of sp³-hybridized carbons (Fsp3) is 0.263. The normalized spacial score (nSPS) is 11.5. The van der Waals surface area contributed by atoms with Crippen molar-refractivity contribution in [3.63, 3.8) is 0 Å². The lowest BCUT2D eigenvalue weighted by molar-refractivity contribution is -0.384. The van der Waals surface area contributed by atoms with E-state index in [1.807, 2.05) is 0 Å². The largest absolute Gasteiger partial charge is 0.449 e. The molecule has 9 heteroatoms. The fourth-order valence-corrected chi connectivity index (χ4v) is 2.62. The molecule has 8 nitrogen and oxygen atoms in total. The van der Waals surface area contributed by atoms with Crippen molar-refractivity contribution in [1.29, 1.82) is 0 Å². The number of rotatable bonds is 6. The Kier molecular flexibility index (Phi) is 6.58. The third kappa shape index (κ3) is 4.77. The molecule has 148 valence electrons. The van der Waals surface area contributed by atoms with E-state index < -0.39 is 22.9 Å².